The molecular formula is C21H19N5O4S. The summed E-state index contributed by atoms with van der Waals surface area (Å²) in [6.07, 6.45) is 0. The van der Waals surface area contributed by atoms with Crippen LogP contribution in [0.4, 0.5) is 10.8 Å². The van der Waals surface area contributed by atoms with E-state index in [1.807, 2.05) is 18.2 Å². The van der Waals surface area contributed by atoms with Crippen LogP contribution in [0.5, 0.6) is 5.75 Å². The van der Waals surface area contributed by atoms with Gasteiger partial charge in [0.25, 0.3) is 5.91 Å². The average Bonchev–Trinajstić information content (AvgIpc) is 3.27. The van der Waals surface area contributed by atoms with Crippen molar-refractivity contribution in [3.63, 3.8) is 0 Å². The van der Waals surface area contributed by atoms with Gasteiger partial charge in [-0.1, -0.05) is 29.5 Å². The van der Waals surface area contributed by atoms with Crippen molar-refractivity contribution >= 4 is 38.3 Å². The molecule has 0 fully saturated rings. The lowest BCUT2D eigenvalue weighted by atomic mass is 10.1. The molecular weight excluding hydrogens is 418 g/mol. The first-order chi connectivity index (χ1) is 14.9. The predicted octanol–water partition coefficient (Wildman–Crippen LogP) is 4.33. The molecule has 0 radical (unpaired) electrons. The molecule has 0 saturated heterocycles. The van der Waals surface area contributed by atoms with E-state index < -0.39 is 4.92 Å². The standard InChI is InChI=1S/C21H19N5O4S/c1-12-19(26(28)29)13(2)25(24-12)11-14-7-9-15(10-8-14)20(27)23-21-22-18-16(30-3)5-4-6-17(18)31-21/h4-10H,11H2,1-3H3,(H,22,23,27). The molecule has 2 aromatic heterocycles. The lowest BCUT2D eigenvalue weighted by Gasteiger charge is -2.06. The van der Waals surface area contributed by atoms with Gasteiger partial charge in [-0.15, -0.1) is 0 Å². The molecule has 2 heterocycles. The lowest BCUT2D eigenvalue weighted by molar-refractivity contribution is -0.386. The second kappa shape index (κ2) is 8.15. The Bertz CT molecular complexity index is 1290. The number of hydrogen-bond acceptors (Lipinski definition) is 7. The Labute approximate surface area is 181 Å². The van der Waals surface area contributed by atoms with E-state index in [0.717, 1.165) is 10.3 Å². The van der Waals surface area contributed by atoms with Gasteiger partial charge in [-0.2, -0.15) is 5.10 Å². The number of nitro groups is 1. The number of fused-ring (bicyclic) bond motifs is 1. The van der Waals surface area contributed by atoms with Crippen molar-refractivity contribution in [2.45, 2.75) is 20.4 Å². The number of anilines is 1. The number of amides is 1. The molecule has 4 aromatic rings. The van der Waals surface area contributed by atoms with Crippen LogP contribution in [0.3, 0.4) is 0 Å². The van der Waals surface area contributed by atoms with Crippen LogP contribution < -0.4 is 10.1 Å². The van der Waals surface area contributed by atoms with E-state index in [4.69, 9.17) is 4.74 Å². The SMILES string of the molecule is COc1cccc2sc(NC(=O)c3ccc(Cn4nc(C)c([N+](=O)[O-])c4C)cc3)nc12. The first kappa shape index (κ1) is 20.5. The van der Waals surface area contributed by atoms with Crippen LogP contribution in [0, 0.1) is 24.0 Å². The number of aromatic nitrogens is 3. The van der Waals surface area contributed by atoms with Crippen LogP contribution in [-0.4, -0.2) is 32.7 Å². The molecule has 0 bridgehead atoms. The van der Waals surface area contributed by atoms with Crippen molar-refractivity contribution in [3.05, 3.63) is 75.1 Å². The fraction of sp³-hybridized carbons (Fsp3) is 0.190. The van der Waals surface area contributed by atoms with Gasteiger partial charge >= 0.3 is 5.69 Å². The number of para-hydroxylation sites is 1. The molecule has 0 spiro atoms. The molecule has 31 heavy (non-hydrogen) atoms. The zero-order chi connectivity index (χ0) is 22.1. The maximum Gasteiger partial charge on any atom is 0.312 e. The van der Waals surface area contributed by atoms with Crippen LogP contribution in [-0.2, 0) is 6.54 Å². The van der Waals surface area contributed by atoms with Gasteiger partial charge in [0.05, 0.1) is 23.3 Å². The first-order valence-corrected chi connectivity index (χ1v) is 10.2. The summed E-state index contributed by atoms with van der Waals surface area (Å²) in [7, 11) is 1.58. The van der Waals surface area contributed by atoms with Crippen molar-refractivity contribution in [1.29, 1.82) is 0 Å². The topological polar surface area (TPSA) is 112 Å². The number of aryl methyl sites for hydroxylation is 1. The fourth-order valence-electron chi connectivity index (χ4n) is 3.35. The molecule has 1 N–H and O–H groups in total. The van der Waals surface area contributed by atoms with Gasteiger partial charge in [0.2, 0.25) is 0 Å². The van der Waals surface area contributed by atoms with Gasteiger partial charge in [-0.05, 0) is 43.7 Å². The Kier molecular flexibility index (Phi) is 5.38. The smallest absolute Gasteiger partial charge is 0.312 e. The van der Waals surface area contributed by atoms with Crippen molar-refractivity contribution in [2.75, 3.05) is 12.4 Å². The van der Waals surface area contributed by atoms with Gasteiger partial charge in [-0.3, -0.25) is 24.9 Å². The largest absolute Gasteiger partial charge is 0.494 e. The summed E-state index contributed by atoms with van der Waals surface area (Å²) >= 11 is 1.37. The molecule has 0 unspecified atom stereocenters. The van der Waals surface area contributed by atoms with E-state index in [2.05, 4.69) is 15.4 Å². The number of ether oxygens (including phenoxy) is 1. The zero-order valence-corrected chi connectivity index (χ0v) is 17.9. The van der Waals surface area contributed by atoms with Crippen LogP contribution >= 0.6 is 11.3 Å². The second-order valence-electron chi connectivity index (χ2n) is 6.91. The third-order valence-corrected chi connectivity index (χ3v) is 5.83. The predicted molar refractivity (Wildman–Crippen MR) is 118 cm³/mol. The molecule has 158 valence electrons. The average molecular weight is 437 g/mol. The Hall–Kier alpha value is -3.79. The first-order valence-electron chi connectivity index (χ1n) is 9.39. The summed E-state index contributed by atoms with van der Waals surface area (Å²) in [6.45, 7) is 3.67. The molecule has 10 heteroatoms. The number of thiazole rings is 1. The quantitative estimate of drug-likeness (QED) is 0.355. The monoisotopic (exact) mass is 437 g/mol. The minimum Gasteiger partial charge on any atom is -0.494 e. The fourth-order valence-corrected chi connectivity index (χ4v) is 4.23. The van der Waals surface area contributed by atoms with Crippen molar-refractivity contribution in [3.8, 4) is 5.75 Å². The zero-order valence-electron chi connectivity index (χ0n) is 17.1. The van der Waals surface area contributed by atoms with Gasteiger partial charge < -0.3 is 4.74 Å². The Morgan fingerprint density at radius 1 is 1.23 bits per heavy atom. The molecule has 2 aromatic carbocycles. The Morgan fingerprint density at radius 2 is 1.97 bits per heavy atom. The molecule has 1 amide bonds. The lowest BCUT2D eigenvalue weighted by Crippen LogP contribution is -2.12. The number of carbonyl (C=O) groups is 1. The van der Waals surface area contributed by atoms with Crippen molar-refractivity contribution in [1.82, 2.24) is 14.8 Å². The summed E-state index contributed by atoms with van der Waals surface area (Å²) in [5.41, 5.74) is 2.97. The third kappa shape index (κ3) is 3.97. The molecule has 0 saturated carbocycles. The van der Waals surface area contributed by atoms with E-state index in [1.54, 1.807) is 49.9 Å². The number of benzene rings is 2. The number of carbonyl (C=O) groups excluding carboxylic acids is 1. The molecule has 0 atom stereocenters. The highest BCUT2D eigenvalue weighted by molar-refractivity contribution is 7.22. The van der Waals surface area contributed by atoms with Crippen LogP contribution in [0.1, 0.15) is 27.3 Å². The van der Waals surface area contributed by atoms with E-state index in [9.17, 15) is 14.9 Å². The minimum atomic E-state index is -0.417. The summed E-state index contributed by atoms with van der Waals surface area (Å²) in [4.78, 5) is 27.8. The molecule has 4 rings (SSSR count). The summed E-state index contributed by atoms with van der Waals surface area (Å²) in [5, 5.41) is 18.7. The van der Waals surface area contributed by atoms with Crippen LogP contribution in [0.25, 0.3) is 10.2 Å². The van der Waals surface area contributed by atoms with E-state index >= 15 is 0 Å². The minimum absolute atomic E-state index is 0.0310. The third-order valence-electron chi connectivity index (χ3n) is 4.90. The second-order valence-corrected chi connectivity index (χ2v) is 7.94. The van der Waals surface area contributed by atoms with Gasteiger partial charge in [0.1, 0.15) is 22.7 Å². The number of rotatable bonds is 6. The summed E-state index contributed by atoms with van der Waals surface area (Å²) < 4.78 is 7.82. The maximum absolute atomic E-state index is 12.6. The summed E-state index contributed by atoms with van der Waals surface area (Å²) in [6, 6.07) is 12.6. The summed E-state index contributed by atoms with van der Waals surface area (Å²) in [5.74, 6) is 0.384. The van der Waals surface area contributed by atoms with Gasteiger partial charge in [0, 0.05) is 5.56 Å². The molecule has 0 aliphatic heterocycles. The molecule has 0 aliphatic carbocycles. The number of nitrogens with zero attached hydrogens (tertiary/aromatic N) is 4. The van der Waals surface area contributed by atoms with Crippen LogP contribution in [0.2, 0.25) is 0 Å². The Morgan fingerprint density at radius 3 is 2.61 bits per heavy atom. The molecule has 0 aliphatic rings. The number of nitrogens with one attached hydrogen (secondary N) is 1. The highest BCUT2D eigenvalue weighted by Gasteiger charge is 2.21. The van der Waals surface area contributed by atoms with Crippen molar-refractivity contribution < 1.29 is 14.5 Å². The highest BCUT2D eigenvalue weighted by Crippen LogP contribution is 2.32. The number of methoxy groups -OCH3 is 1. The maximum atomic E-state index is 12.6. The van der Waals surface area contributed by atoms with E-state index in [1.165, 1.54) is 11.3 Å². The van der Waals surface area contributed by atoms with E-state index in [0.29, 0.717) is 39.9 Å². The Balaban J connectivity index is 1.49. The van der Waals surface area contributed by atoms with Crippen LogP contribution in [0.15, 0.2) is 42.5 Å². The van der Waals surface area contributed by atoms with Crippen molar-refractivity contribution in [2.24, 2.45) is 0 Å². The molecule has 9 nitrogen and oxygen atoms in total. The van der Waals surface area contributed by atoms with Gasteiger partial charge in [0.15, 0.2) is 5.13 Å². The van der Waals surface area contributed by atoms with E-state index in [-0.39, 0.29) is 11.6 Å². The number of hydrogen-bond donors (Lipinski definition) is 1. The normalized spacial score (nSPS) is 10.9. The highest BCUT2D eigenvalue weighted by atomic mass is 32.1. The van der Waals surface area contributed by atoms with Gasteiger partial charge in [-0.25, -0.2) is 4.98 Å².